The quantitative estimate of drug-likeness (QED) is 0.810. The van der Waals surface area contributed by atoms with Crippen molar-refractivity contribution in [3.8, 4) is 0 Å². The fraction of sp³-hybridized carbons (Fsp3) is 0.867. The molecule has 0 aromatic carbocycles. The van der Waals surface area contributed by atoms with Gasteiger partial charge in [-0.05, 0) is 66.7 Å². The molecule has 0 aliphatic heterocycles. The minimum Gasteiger partial charge on any atom is -0.444 e. The average molecular weight is 316 g/mol. The minimum atomic E-state index is -1.18. The SMILES string of the molecule is CC(C)(C)OC(=O)NC1CC(C/C=N/S(=O)C(C)(C)C)C1. The monoisotopic (exact) mass is 316 g/mol. The number of amides is 1. The molecule has 1 rings (SSSR count). The van der Waals surface area contributed by atoms with Crippen LogP contribution in [0.1, 0.15) is 60.8 Å². The molecule has 6 heteroatoms. The van der Waals surface area contributed by atoms with Gasteiger partial charge in [-0.2, -0.15) is 4.40 Å². The van der Waals surface area contributed by atoms with Crippen molar-refractivity contribution in [2.75, 3.05) is 0 Å². The molecule has 1 aliphatic carbocycles. The summed E-state index contributed by atoms with van der Waals surface area (Å²) in [5.41, 5.74) is -0.461. The normalized spacial score (nSPS) is 24.5. The van der Waals surface area contributed by atoms with Crippen LogP contribution < -0.4 is 5.32 Å². The van der Waals surface area contributed by atoms with Crippen molar-refractivity contribution in [3.63, 3.8) is 0 Å². The lowest BCUT2D eigenvalue weighted by Gasteiger charge is -2.35. The van der Waals surface area contributed by atoms with Gasteiger partial charge in [0, 0.05) is 12.3 Å². The van der Waals surface area contributed by atoms with Crippen LogP contribution in [0.3, 0.4) is 0 Å². The van der Waals surface area contributed by atoms with Crippen LogP contribution in [0.15, 0.2) is 4.40 Å². The fourth-order valence-corrected chi connectivity index (χ4v) is 2.48. The van der Waals surface area contributed by atoms with E-state index in [2.05, 4.69) is 9.71 Å². The van der Waals surface area contributed by atoms with Crippen molar-refractivity contribution in [2.24, 2.45) is 10.3 Å². The van der Waals surface area contributed by atoms with Crippen LogP contribution in [0.25, 0.3) is 0 Å². The second-order valence-corrected chi connectivity index (χ2v) is 9.50. The molecule has 1 N–H and O–H groups in total. The van der Waals surface area contributed by atoms with E-state index in [0.29, 0.717) is 5.92 Å². The maximum absolute atomic E-state index is 11.7. The van der Waals surface area contributed by atoms with E-state index >= 15 is 0 Å². The first-order chi connectivity index (χ1) is 9.47. The summed E-state index contributed by atoms with van der Waals surface area (Å²) >= 11 is 0. The molecule has 21 heavy (non-hydrogen) atoms. The molecule has 0 aromatic rings. The molecular weight excluding hydrogens is 288 g/mol. The zero-order chi connectivity index (χ0) is 16.3. The Bertz CT molecular complexity index is 416. The molecule has 0 aromatic heterocycles. The Hall–Kier alpha value is -0.910. The van der Waals surface area contributed by atoms with E-state index in [1.54, 1.807) is 6.21 Å². The summed E-state index contributed by atoms with van der Waals surface area (Å²) < 4.78 is 20.7. The Labute approximate surface area is 130 Å². The number of alkyl carbamates (subject to hydrolysis) is 1. The molecule has 0 saturated heterocycles. The molecule has 1 amide bonds. The van der Waals surface area contributed by atoms with Crippen LogP contribution in [-0.2, 0) is 15.7 Å². The summed E-state index contributed by atoms with van der Waals surface area (Å²) in [5, 5.41) is 2.86. The summed E-state index contributed by atoms with van der Waals surface area (Å²) in [6.07, 6.45) is 4.07. The fourth-order valence-electron chi connectivity index (χ4n) is 1.94. The van der Waals surface area contributed by atoms with E-state index in [1.807, 2.05) is 41.5 Å². The van der Waals surface area contributed by atoms with Crippen molar-refractivity contribution in [1.82, 2.24) is 5.32 Å². The van der Waals surface area contributed by atoms with Crippen LogP contribution in [0.5, 0.6) is 0 Å². The largest absolute Gasteiger partial charge is 0.444 e. The lowest BCUT2D eigenvalue weighted by Crippen LogP contribution is -2.46. The Morgan fingerprint density at radius 2 is 1.86 bits per heavy atom. The molecule has 0 radical (unpaired) electrons. The molecule has 1 atom stereocenters. The van der Waals surface area contributed by atoms with Gasteiger partial charge in [0.1, 0.15) is 16.6 Å². The number of hydrogen-bond acceptors (Lipinski definition) is 3. The van der Waals surface area contributed by atoms with Gasteiger partial charge in [0.05, 0.1) is 4.75 Å². The lowest BCUT2D eigenvalue weighted by molar-refractivity contribution is 0.0455. The summed E-state index contributed by atoms with van der Waals surface area (Å²) in [4.78, 5) is 11.6. The number of carbonyl (C=O) groups excluding carboxylic acids is 1. The molecule has 0 spiro atoms. The molecule has 0 bridgehead atoms. The van der Waals surface area contributed by atoms with Gasteiger partial charge < -0.3 is 10.1 Å². The molecule has 122 valence electrons. The molecule has 1 aliphatic rings. The number of carbonyl (C=O) groups is 1. The van der Waals surface area contributed by atoms with Gasteiger partial charge in [0.2, 0.25) is 0 Å². The van der Waals surface area contributed by atoms with E-state index in [0.717, 1.165) is 19.3 Å². The molecular formula is C15H28N2O3S. The third kappa shape index (κ3) is 7.07. The Kier molecular flexibility index (Phi) is 5.96. The predicted octanol–water partition coefficient (Wildman–Crippen LogP) is 3.21. The molecule has 1 saturated carbocycles. The first-order valence-electron chi connectivity index (χ1n) is 7.41. The first-order valence-corrected chi connectivity index (χ1v) is 8.52. The second kappa shape index (κ2) is 6.90. The summed E-state index contributed by atoms with van der Waals surface area (Å²) in [5.74, 6) is 0.505. The van der Waals surface area contributed by atoms with Crippen molar-refractivity contribution >= 4 is 23.3 Å². The van der Waals surface area contributed by atoms with Gasteiger partial charge in [-0.3, -0.25) is 0 Å². The van der Waals surface area contributed by atoms with Gasteiger partial charge in [0.15, 0.2) is 0 Å². The number of nitrogens with zero attached hydrogens (tertiary/aromatic N) is 1. The van der Waals surface area contributed by atoms with Crippen molar-refractivity contribution < 1.29 is 13.7 Å². The number of hydrogen-bond donors (Lipinski definition) is 1. The highest BCUT2D eigenvalue weighted by Crippen LogP contribution is 2.30. The summed E-state index contributed by atoms with van der Waals surface area (Å²) in [7, 11) is -1.18. The van der Waals surface area contributed by atoms with Crippen molar-refractivity contribution in [1.29, 1.82) is 0 Å². The van der Waals surface area contributed by atoms with Crippen LogP contribution in [0, 0.1) is 5.92 Å². The Balaban J connectivity index is 2.21. The first kappa shape index (κ1) is 18.1. The Morgan fingerprint density at radius 1 is 1.29 bits per heavy atom. The van der Waals surface area contributed by atoms with Crippen molar-refractivity contribution in [3.05, 3.63) is 0 Å². The van der Waals surface area contributed by atoms with Gasteiger partial charge >= 0.3 is 6.09 Å². The van der Waals surface area contributed by atoms with Crippen LogP contribution in [-0.4, -0.2) is 32.9 Å². The van der Waals surface area contributed by atoms with Crippen LogP contribution in [0.2, 0.25) is 0 Å². The minimum absolute atomic E-state index is 0.186. The molecule has 1 fully saturated rings. The average Bonchev–Trinajstić information content (AvgIpc) is 2.21. The third-order valence-corrected chi connectivity index (χ3v) is 4.48. The van der Waals surface area contributed by atoms with E-state index in [1.165, 1.54) is 0 Å². The van der Waals surface area contributed by atoms with Gasteiger partial charge in [-0.25, -0.2) is 9.00 Å². The maximum atomic E-state index is 11.7. The summed E-state index contributed by atoms with van der Waals surface area (Å²) in [6.45, 7) is 11.3. The molecule has 0 heterocycles. The van der Waals surface area contributed by atoms with Crippen molar-refractivity contribution in [2.45, 2.75) is 77.2 Å². The lowest BCUT2D eigenvalue weighted by atomic mass is 9.78. The molecule has 5 nitrogen and oxygen atoms in total. The Morgan fingerprint density at radius 3 is 2.33 bits per heavy atom. The molecule has 1 unspecified atom stereocenters. The number of rotatable bonds is 4. The van der Waals surface area contributed by atoms with Gasteiger partial charge in [-0.15, -0.1) is 0 Å². The standard InChI is InChI=1S/C15H28N2O3S/c1-14(2,3)20-13(18)17-12-9-11(10-12)7-8-16-21(19)15(4,5)6/h8,11-12H,7,9-10H2,1-6H3,(H,17,18)/b16-8+. The van der Waals surface area contributed by atoms with Crippen LogP contribution >= 0.6 is 0 Å². The van der Waals surface area contributed by atoms with Crippen LogP contribution in [0.4, 0.5) is 4.79 Å². The second-order valence-electron chi connectivity index (χ2n) is 7.57. The van der Waals surface area contributed by atoms with Gasteiger partial charge in [-0.1, -0.05) is 0 Å². The smallest absolute Gasteiger partial charge is 0.407 e. The topological polar surface area (TPSA) is 67.8 Å². The van der Waals surface area contributed by atoms with Gasteiger partial charge in [0.25, 0.3) is 0 Å². The highest BCUT2D eigenvalue weighted by atomic mass is 32.2. The van der Waals surface area contributed by atoms with E-state index in [-0.39, 0.29) is 16.9 Å². The maximum Gasteiger partial charge on any atom is 0.407 e. The number of nitrogens with one attached hydrogen (secondary N) is 1. The van der Waals surface area contributed by atoms with E-state index < -0.39 is 16.6 Å². The highest BCUT2D eigenvalue weighted by molar-refractivity contribution is 7.85. The number of ether oxygens (including phenoxy) is 1. The zero-order valence-corrected chi connectivity index (χ0v) is 14.8. The highest BCUT2D eigenvalue weighted by Gasteiger charge is 2.31. The van der Waals surface area contributed by atoms with E-state index in [9.17, 15) is 9.00 Å². The zero-order valence-electron chi connectivity index (χ0n) is 13.9. The summed E-state index contributed by atoms with van der Waals surface area (Å²) in [6, 6.07) is 0.186. The predicted molar refractivity (Wildman–Crippen MR) is 86.9 cm³/mol. The van der Waals surface area contributed by atoms with E-state index in [4.69, 9.17) is 4.74 Å². The third-order valence-electron chi connectivity index (χ3n) is 3.09.